The molecule has 28 heavy (non-hydrogen) atoms. The number of H-pyrrole nitrogens is 1. The minimum atomic E-state index is -0.839. The van der Waals surface area contributed by atoms with Crippen LogP contribution in [0.15, 0.2) is 6.20 Å². The summed E-state index contributed by atoms with van der Waals surface area (Å²) in [7, 11) is 1.20. The summed E-state index contributed by atoms with van der Waals surface area (Å²) >= 11 is 0. The van der Waals surface area contributed by atoms with Crippen LogP contribution in [-0.2, 0) is 11.3 Å². The van der Waals surface area contributed by atoms with E-state index in [2.05, 4.69) is 20.6 Å². The zero-order valence-corrected chi connectivity index (χ0v) is 15.3. The Morgan fingerprint density at radius 1 is 1.43 bits per heavy atom. The summed E-state index contributed by atoms with van der Waals surface area (Å²) < 4.78 is 11.5. The van der Waals surface area contributed by atoms with E-state index >= 15 is 0 Å². The lowest BCUT2D eigenvalue weighted by Crippen LogP contribution is -2.41. The van der Waals surface area contributed by atoms with Crippen molar-refractivity contribution in [3.8, 4) is 5.88 Å². The van der Waals surface area contributed by atoms with Crippen LogP contribution in [0.1, 0.15) is 27.9 Å². The molecule has 150 valence electrons. The minimum absolute atomic E-state index is 0.145. The number of hydrogen-bond donors (Lipinski definition) is 2. The normalized spacial score (nSPS) is 14.0. The standard InChI is InChI=1S/C15H19N7O6/c1-3-21-11(15(24)20-4-6-28-7-5-20)9(8-16-21)17-13(23)10-12(22(25)26)14(27-2)19-18-10/h8H,3-7H2,1-2H3,(H,17,23)(H,18,19). The SMILES string of the molecule is CCn1ncc(NC(=O)c2[nH]nc(OC)c2[N+](=O)[O-])c1C(=O)N1CCOCC1. The maximum absolute atomic E-state index is 12.9. The van der Waals surface area contributed by atoms with E-state index in [0.29, 0.717) is 32.8 Å². The average Bonchev–Trinajstić information content (AvgIpc) is 3.31. The van der Waals surface area contributed by atoms with Crippen LogP contribution in [0.3, 0.4) is 0 Å². The Hall–Kier alpha value is -3.48. The molecular formula is C15H19N7O6. The van der Waals surface area contributed by atoms with Crippen LogP contribution in [-0.4, -0.2) is 75.0 Å². The average molecular weight is 393 g/mol. The van der Waals surface area contributed by atoms with Gasteiger partial charge in [0.2, 0.25) is 5.69 Å². The topological polar surface area (TPSA) is 158 Å². The fourth-order valence-corrected chi connectivity index (χ4v) is 2.83. The molecule has 0 spiro atoms. The molecule has 1 fully saturated rings. The first-order chi connectivity index (χ1) is 13.5. The van der Waals surface area contributed by atoms with Crippen LogP contribution in [0.5, 0.6) is 5.88 Å². The van der Waals surface area contributed by atoms with Crippen molar-refractivity contribution in [3.05, 3.63) is 27.7 Å². The zero-order valence-electron chi connectivity index (χ0n) is 15.3. The highest BCUT2D eigenvalue weighted by Crippen LogP contribution is 2.29. The molecule has 0 aliphatic carbocycles. The van der Waals surface area contributed by atoms with Gasteiger partial charge in [0.05, 0.1) is 37.1 Å². The molecule has 1 aliphatic heterocycles. The molecular weight excluding hydrogens is 374 g/mol. The lowest BCUT2D eigenvalue weighted by atomic mass is 10.2. The molecule has 0 radical (unpaired) electrons. The highest BCUT2D eigenvalue weighted by Gasteiger charge is 2.32. The Morgan fingerprint density at radius 2 is 2.14 bits per heavy atom. The molecule has 0 aromatic carbocycles. The highest BCUT2D eigenvalue weighted by atomic mass is 16.6. The third kappa shape index (κ3) is 3.51. The predicted molar refractivity (Wildman–Crippen MR) is 94.4 cm³/mol. The molecule has 1 aliphatic rings. The van der Waals surface area contributed by atoms with Crippen molar-refractivity contribution < 1.29 is 24.0 Å². The number of aromatic amines is 1. The lowest BCUT2D eigenvalue weighted by Gasteiger charge is -2.27. The lowest BCUT2D eigenvalue weighted by molar-refractivity contribution is -0.386. The molecule has 3 heterocycles. The molecule has 2 aromatic heterocycles. The van der Waals surface area contributed by atoms with E-state index in [1.807, 2.05) is 0 Å². The molecule has 2 N–H and O–H groups in total. The maximum Gasteiger partial charge on any atom is 0.362 e. The van der Waals surface area contributed by atoms with Crippen LogP contribution in [0, 0.1) is 10.1 Å². The molecule has 0 unspecified atom stereocenters. The van der Waals surface area contributed by atoms with E-state index in [4.69, 9.17) is 9.47 Å². The van der Waals surface area contributed by atoms with Crippen LogP contribution in [0.2, 0.25) is 0 Å². The summed E-state index contributed by atoms with van der Waals surface area (Å²) in [6, 6.07) is 0. The Balaban J connectivity index is 1.90. The Kier molecular flexibility index (Phi) is 5.54. The summed E-state index contributed by atoms with van der Waals surface area (Å²) in [5.41, 5.74) is -0.655. The number of nitrogens with zero attached hydrogens (tertiary/aromatic N) is 5. The first-order valence-electron chi connectivity index (χ1n) is 8.48. The molecule has 2 aromatic rings. The van der Waals surface area contributed by atoms with E-state index in [0.717, 1.165) is 0 Å². The molecule has 2 amide bonds. The second kappa shape index (κ2) is 8.04. The third-order valence-corrected chi connectivity index (χ3v) is 4.20. The van der Waals surface area contributed by atoms with Crippen molar-refractivity contribution in [1.82, 2.24) is 24.9 Å². The first kappa shape index (κ1) is 19.3. The van der Waals surface area contributed by atoms with Crippen LogP contribution in [0.4, 0.5) is 11.4 Å². The van der Waals surface area contributed by atoms with Gasteiger partial charge < -0.3 is 19.7 Å². The Bertz CT molecular complexity index is 899. The number of ether oxygens (including phenoxy) is 2. The molecule has 0 atom stereocenters. The fourth-order valence-electron chi connectivity index (χ4n) is 2.83. The van der Waals surface area contributed by atoms with Gasteiger partial charge in [0.15, 0.2) is 0 Å². The molecule has 3 rings (SSSR count). The number of rotatable bonds is 6. The number of methoxy groups -OCH3 is 1. The number of morpholine rings is 1. The number of carbonyl (C=O) groups excluding carboxylic acids is 2. The van der Waals surface area contributed by atoms with E-state index in [1.54, 1.807) is 11.8 Å². The number of nitro groups is 1. The highest BCUT2D eigenvalue weighted by molar-refractivity contribution is 6.09. The number of aryl methyl sites for hydroxylation is 1. The zero-order chi connectivity index (χ0) is 20.3. The van der Waals surface area contributed by atoms with E-state index < -0.39 is 22.2 Å². The van der Waals surface area contributed by atoms with E-state index in [1.165, 1.54) is 18.0 Å². The number of carbonyl (C=O) groups is 2. The Labute approximate surface area is 158 Å². The largest absolute Gasteiger partial charge is 0.475 e. The predicted octanol–water partition coefficient (Wildman–Crippen LogP) is 0.268. The van der Waals surface area contributed by atoms with Crippen LogP contribution < -0.4 is 10.1 Å². The van der Waals surface area contributed by atoms with Crippen molar-refractivity contribution in [1.29, 1.82) is 0 Å². The van der Waals surface area contributed by atoms with Gasteiger partial charge in [-0.3, -0.25) is 29.5 Å². The molecule has 0 saturated carbocycles. The van der Waals surface area contributed by atoms with E-state index in [9.17, 15) is 19.7 Å². The Morgan fingerprint density at radius 3 is 2.75 bits per heavy atom. The van der Waals surface area contributed by atoms with Crippen molar-refractivity contribution in [3.63, 3.8) is 0 Å². The van der Waals surface area contributed by atoms with Crippen molar-refractivity contribution in [2.75, 3.05) is 38.7 Å². The number of aromatic nitrogens is 4. The third-order valence-electron chi connectivity index (χ3n) is 4.20. The number of hydrogen-bond acceptors (Lipinski definition) is 8. The summed E-state index contributed by atoms with van der Waals surface area (Å²) in [5, 5.41) is 23.8. The quantitative estimate of drug-likeness (QED) is 0.523. The monoisotopic (exact) mass is 393 g/mol. The van der Waals surface area contributed by atoms with E-state index in [-0.39, 0.29) is 23.2 Å². The maximum atomic E-state index is 12.9. The van der Waals surface area contributed by atoms with Gasteiger partial charge in [-0.05, 0) is 6.92 Å². The summed E-state index contributed by atoms with van der Waals surface area (Å²) in [6.45, 7) is 3.90. The molecule has 13 nitrogen and oxygen atoms in total. The van der Waals surface area contributed by atoms with Crippen molar-refractivity contribution >= 4 is 23.2 Å². The molecule has 13 heteroatoms. The van der Waals surface area contributed by atoms with Gasteiger partial charge in [0.25, 0.3) is 11.8 Å². The van der Waals surface area contributed by atoms with Gasteiger partial charge in [0, 0.05) is 19.6 Å². The smallest absolute Gasteiger partial charge is 0.362 e. The number of nitrogens with one attached hydrogen (secondary N) is 2. The second-order valence-electron chi connectivity index (χ2n) is 5.79. The fraction of sp³-hybridized carbons (Fsp3) is 0.467. The number of amides is 2. The van der Waals surface area contributed by atoms with Gasteiger partial charge in [0.1, 0.15) is 5.69 Å². The summed E-state index contributed by atoms with van der Waals surface area (Å²) in [5.74, 6) is -1.46. The molecule has 1 saturated heterocycles. The van der Waals surface area contributed by atoms with Gasteiger partial charge in [-0.2, -0.15) is 5.10 Å². The van der Waals surface area contributed by atoms with Crippen LogP contribution >= 0.6 is 0 Å². The van der Waals surface area contributed by atoms with Gasteiger partial charge in [-0.1, -0.05) is 0 Å². The molecule has 0 bridgehead atoms. The second-order valence-corrected chi connectivity index (χ2v) is 5.79. The van der Waals surface area contributed by atoms with Gasteiger partial charge in [-0.15, -0.1) is 5.10 Å². The van der Waals surface area contributed by atoms with Crippen molar-refractivity contribution in [2.24, 2.45) is 0 Å². The van der Waals surface area contributed by atoms with Crippen molar-refractivity contribution in [2.45, 2.75) is 13.5 Å². The van der Waals surface area contributed by atoms with Crippen LogP contribution in [0.25, 0.3) is 0 Å². The number of anilines is 1. The summed E-state index contributed by atoms with van der Waals surface area (Å²) in [4.78, 5) is 37.6. The minimum Gasteiger partial charge on any atom is -0.475 e. The van der Waals surface area contributed by atoms with Gasteiger partial charge >= 0.3 is 11.6 Å². The van der Waals surface area contributed by atoms with Gasteiger partial charge in [-0.25, -0.2) is 0 Å². The first-order valence-corrected chi connectivity index (χ1v) is 8.48. The summed E-state index contributed by atoms with van der Waals surface area (Å²) in [6.07, 6.45) is 1.33.